The fourth-order valence-corrected chi connectivity index (χ4v) is 2.17. The second-order valence-electron chi connectivity index (χ2n) is 4.94. The highest BCUT2D eigenvalue weighted by atomic mass is 16.5. The molecule has 1 aliphatic rings. The molecule has 1 aromatic heterocycles. The van der Waals surface area contributed by atoms with E-state index in [2.05, 4.69) is 21.8 Å². The van der Waals surface area contributed by atoms with Crippen molar-refractivity contribution in [3.05, 3.63) is 17.5 Å². The lowest BCUT2D eigenvalue weighted by atomic mass is 10.1. The first-order valence-corrected chi connectivity index (χ1v) is 6.54. The van der Waals surface area contributed by atoms with Crippen LogP contribution in [0.15, 0.2) is 6.20 Å². The van der Waals surface area contributed by atoms with Gasteiger partial charge in [-0.25, -0.2) is 14.8 Å². The van der Waals surface area contributed by atoms with Crippen molar-refractivity contribution in [2.45, 2.75) is 26.8 Å². The summed E-state index contributed by atoms with van der Waals surface area (Å²) in [5, 5.41) is 0. The number of carbonyl (C=O) groups is 1. The van der Waals surface area contributed by atoms with Gasteiger partial charge in [-0.2, -0.15) is 0 Å². The Bertz CT molecular complexity index is 468. The summed E-state index contributed by atoms with van der Waals surface area (Å²) in [5.41, 5.74) is 7.04. The van der Waals surface area contributed by atoms with E-state index in [1.165, 1.54) is 6.20 Å². The monoisotopic (exact) mass is 264 g/mol. The lowest BCUT2D eigenvalue weighted by molar-refractivity contribution is 0.0524. The molecule has 1 fully saturated rings. The van der Waals surface area contributed by atoms with Crippen molar-refractivity contribution in [1.82, 2.24) is 9.97 Å². The molecule has 2 atom stereocenters. The largest absolute Gasteiger partial charge is 0.462 e. The second kappa shape index (κ2) is 5.52. The highest BCUT2D eigenvalue weighted by Gasteiger charge is 2.28. The maximum atomic E-state index is 11.7. The van der Waals surface area contributed by atoms with E-state index < -0.39 is 0 Å². The molecule has 2 N–H and O–H groups in total. The number of ether oxygens (including phenoxy) is 1. The van der Waals surface area contributed by atoms with E-state index in [4.69, 9.17) is 10.5 Å². The van der Waals surface area contributed by atoms with Crippen molar-refractivity contribution in [2.75, 3.05) is 24.6 Å². The van der Waals surface area contributed by atoms with Crippen molar-refractivity contribution in [1.29, 1.82) is 0 Å². The Labute approximate surface area is 113 Å². The zero-order valence-electron chi connectivity index (χ0n) is 11.6. The molecule has 1 aliphatic heterocycles. The molecule has 104 valence electrons. The number of hydrogen-bond acceptors (Lipinski definition) is 6. The summed E-state index contributed by atoms with van der Waals surface area (Å²) >= 11 is 0. The van der Waals surface area contributed by atoms with E-state index in [0.29, 0.717) is 29.7 Å². The number of rotatable bonds is 3. The molecular weight excluding hydrogens is 244 g/mol. The summed E-state index contributed by atoms with van der Waals surface area (Å²) in [6.07, 6.45) is 1.53. The minimum Gasteiger partial charge on any atom is -0.462 e. The standard InChI is InChI=1S/C13H20N4O2/c1-4-19-12(18)10-5-15-13(16-9(10)3)17-6-8(2)11(14)7-17/h5,8,11H,4,6-7,14H2,1-3H3. The number of anilines is 1. The van der Waals surface area contributed by atoms with Crippen molar-refractivity contribution in [3.63, 3.8) is 0 Å². The van der Waals surface area contributed by atoms with E-state index in [9.17, 15) is 4.79 Å². The van der Waals surface area contributed by atoms with Crippen LogP contribution in [0.4, 0.5) is 5.95 Å². The molecule has 1 aromatic rings. The first kappa shape index (κ1) is 13.7. The molecule has 6 heteroatoms. The van der Waals surface area contributed by atoms with Gasteiger partial charge >= 0.3 is 5.97 Å². The molecule has 1 saturated heterocycles. The summed E-state index contributed by atoms with van der Waals surface area (Å²) in [6.45, 7) is 7.62. The Kier molecular flexibility index (Phi) is 3.99. The number of hydrogen-bond donors (Lipinski definition) is 1. The molecule has 0 amide bonds. The van der Waals surface area contributed by atoms with Crippen molar-refractivity contribution in [3.8, 4) is 0 Å². The molecule has 0 saturated carbocycles. The van der Waals surface area contributed by atoms with Crippen LogP contribution >= 0.6 is 0 Å². The van der Waals surface area contributed by atoms with Gasteiger partial charge in [-0.15, -0.1) is 0 Å². The molecule has 0 bridgehead atoms. The van der Waals surface area contributed by atoms with E-state index >= 15 is 0 Å². The first-order chi connectivity index (χ1) is 9.02. The third-order valence-corrected chi connectivity index (χ3v) is 3.42. The van der Waals surface area contributed by atoms with Crippen molar-refractivity contribution in [2.24, 2.45) is 11.7 Å². The predicted octanol–water partition coefficient (Wildman–Crippen LogP) is 0.745. The number of aryl methyl sites for hydroxylation is 1. The van der Waals surface area contributed by atoms with Gasteiger partial charge < -0.3 is 15.4 Å². The van der Waals surface area contributed by atoms with Crippen LogP contribution in [0.2, 0.25) is 0 Å². The van der Waals surface area contributed by atoms with Crippen molar-refractivity contribution >= 4 is 11.9 Å². The first-order valence-electron chi connectivity index (χ1n) is 6.54. The molecule has 19 heavy (non-hydrogen) atoms. The highest BCUT2D eigenvalue weighted by Crippen LogP contribution is 2.20. The quantitative estimate of drug-likeness (QED) is 0.811. The normalized spacial score (nSPS) is 22.6. The van der Waals surface area contributed by atoms with Crippen LogP contribution in [0.1, 0.15) is 29.9 Å². The van der Waals surface area contributed by atoms with Crippen LogP contribution < -0.4 is 10.6 Å². The van der Waals surface area contributed by atoms with E-state index in [1.807, 2.05) is 0 Å². The Morgan fingerprint density at radius 3 is 2.84 bits per heavy atom. The zero-order valence-corrected chi connectivity index (χ0v) is 11.6. The Morgan fingerprint density at radius 1 is 1.58 bits per heavy atom. The molecule has 2 heterocycles. The van der Waals surface area contributed by atoms with Crippen molar-refractivity contribution < 1.29 is 9.53 Å². The van der Waals surface area contributed by atoms with Crippen LogP contribution in [-0.2, 0) is 4.74 Å². The average molecular weight is 264 g/mol. The van der Waals surface area contributed by atoms with E-state index in [0.717, 1.165) is 13.1 Å². The van der Waals surface area contributed by atoms with Gasteiger partial charge in [-0.05, 0) is 19.8 Å². The Hall–Kier alpha value is -1.69. The number of carbonyl (C=O) groups excluding carboxylic acids is 1. The second-order valence-corrected chi connectivity index (χ2v) is 4.94. The van der Waals surface area contributed by atoms with Gasteiger partial charge in [0.1, 0.15) is 0 Å². The van der Waals surface area contributed by atoms with Crippen LogP contribution in [0.25, 0.3) is 0 Å². The predicted molar refractivity (Wildman–Crippen MR) is 72.1 cm³/mol. The minimum atomic E-state index is -0.377. The van der Waals surface area contributed by atoms with Gasteiger partial charge in [0.05, 0.1) is 17.9 Å². The molecule has 0 spiro atoms. The molecule has 2 unspecified atom stereocenters. The molecule has 6 nitrogen and oxygen atoms in total. The van der Waals surface area contributed by atoms with Crippen LogP contribution in [0, 0.1) is 12.8 Å². The number of nitrogens with two attached hydrogens (primary N) is 1. The topological polar surface area (TPSA) is 81.3 Å². The van der Waals surface area contributed by atoms with Crippen LogP contribution in [0.3, 0.4) is 0 Å². The van der Waals surface area contributed by atoms with Gasteiger partial charge in [0.25, 0.3) is 0 Å². The lowest BCUT2D eigenvalue weighted by Gasteiger charge is -2.16. The van der Waals surface area contributed by atoms with Crippen LogP contribution in [-0.4, -0.2) is 41.7 Å². The molecule has 0 aliphatic carbocycles. The number of aromatic nitrogens is 2. The molecular formula is C13H20N4O2. The van der Waals surface area contributed by atoms with Gasteiger partial charge in [-0.1, -0.05) is 6.92 Å². The lowest BCUT2D eigenvalue weighted by Crippen LogP contribution is -2.29. The maximum Gasteiger partial charge on any atom is 0.341 e. The van der Waals surface area contributed by atoms with Gasteiger partial charge in [-0.3, -0.25) is 0 Å². The molecule has 2 rings (SSSR count). The Morgan fingerprint density at radius 2 is 2.32 bits per heavy atom. The summed E-state index contributed by atoms with van der Waals surface area (Å²) in [4.78, 5) is 22.4. The maximum absolute atomic E-state index is 11.7. The van der Waals surface area contributed by atoms with Gasteiger partial charge in [0.15, 0.2) is 0 Å². The fraction of sp³-hybridized carbons (Fsp3) is 0.615. The SMILES string of the molecule is CCOC(=O)c1cnc(N2CC(C)C(N)C2)nc1C. The van der Waals surface area contributed by atoms with Gasteiger partial charge in [0, 0.05) is 25.3 Å². The summed E-state index contributed by atoms with van der Waals surface area (Å²) in [7, 11) is 0. The summed E-state index contributed by atoms with van der Waals surface area (Å²) in [6, 6.07) is 0.147. The number of esters is 1. The van der Waals surface area contributed by atoms with Gasteiger partial charge in [0.2, 0.25) is 5.95 Å². The molecule has 0 radical (unpaired) electrons. The third kappa shape index (κ3) is 2.84. The summed E-state index contributed by atoms with van der Waals surface area (Å²) < 4.78 is 4.96. The smallest absolute Gasteiger partial charge is 0.341 e. The summed E-state index contributed by atoms with van der Waals surface area (Å²) in [5.74, 6) is 0.678. The third-order valence-electron chi connectivity index (χ3n) is 3.42. The van der Waals surface area contributed by atoms with Crippen LogP contribution in [0.5, 0.6) is 0 Å². The minimum absolute atomic E-state index is 0.147. The Balaban J connectivity index is 2.17. The van der Waals surface area contributed by atoms with E-state index in [-0.39, 0.29) is 12.0 Å². The number of nitrogens with zero attached hydrogens (tertiary/aromatic N) is 3. The highest BCUT2D eigenvalue weighted by molar-refractivity contribution is 5.90. The molecule has 0 aromatic carbocycles. The zero-order chi connectivity index (χ0) is 14.0. The average Bonchev–Trinajstić information content (AvgIpc) is 2.69. The fourth-order valence-electron chi connectivity index (χ4n) is 2.17. The van der Waals surface area contributed by atoms with E-state index in [1.54, 1.807) is 13.8 Å².